The number of hydrogen-bond acceptors (Lipinski definition) is 9. The average Bonchev–Trinajstić information content (AvgIpc) is 3.20. The molecule has 1 aromatic carbocycles. The van der Waals surface area contributed by atoms with Crippen molar-refractivity contribution in [2.45, 2.75) is 13.5 Å². The summed E-state index contributed by atoms with van der Waals surface area (Å²) in [5.74, 6) is -0.430. The third-order valence-corrected chi connectivity index (χ3v) is 6.15. The van der Waals surface area contributed by atoms with Gasteiger partial charge in [0.15, 0.2) is 12.2 Å². The Bertz CT molecular complexity index is 1300. The van der Waals surface area contributed by atoms with Gasteiger partial charge in [-0.2, -0.15) is 5.26 Å². The summed E-state index contributed by atoms with van der Waals surface area (Å²) < 4.78 is 17.7. The molecule has 0 radical (unpaired) electrons. The molecule has 0 aliphatic carbocycles. The molecule has 0 unspecified atom stereocenters. The molecule has 35 heavy (non-hydrogen) atoms. The second kappa shape index (κ2) is 12.5. The minimum atomic E-state index is -0.813. The number of benzene rings is 1. The Morgan fingerprint density at radius 2 is 2.11 bits per heavy atom. The fraction of sp³-hybridized carbons (Fsp3) is 0.333. The third-order valence-electron chi connectivity index (χ3n) is 5.02. The number of hydrogen-bond donors (Lipinski definition) is 1. The topological polar surface area (TPSA) is 123 Å². The second-order valence-electron chi connectivity index (χ2n) is 7.29. The van der Waals surface area contributed by atoms with Crippen LogP contribution in [0.1, 0.15) is 6.92 Å². The number of nitriles is 1. The van der Waals surface area contributed by atoms with Crippen molar-refractivity contribution in [2.24, 2.45) is 0 Å². The highest BCUT2D eigenvalue weighted by Crippen LogP contribution is 2.17. The number of carbonyl (C=O) groups excluding carboxylic acids is 2. The number of anilines is 1. The maximum Gasteiger partial charge on any atom is 0.352 e. The van der Waals surface area contributed by atoms with Crippen molar-refractivity contribution < 1.29 is 23.8 Å². The van der Waals surface area contributed by atoms with Crippen molar-refractivity contribution in [1.82, 2.24) is 9.47 Å². The molecule has 11 heteroatoms. The van der Waals surface area contributed by atoms with Crippen LogP contribution in [0.15, 0.2) is 41.7 Å². The van der Waals surface area contributed by atoms with Crippen LogP contribution in [-0.4, -0.2) is 60.9 Å². The van der Waals surface area contributed by atoms with E-state index in [1.807, 2.05) is 6.07 Å². The fourth-order valence-electron chi connectivity index (χ4n) is 3.25. The predicted molar refractivity (Wildman–Crippen MR) is 131 cm³/mol. The van der Waals surface area contributed by atoms with E-state index >= 15 is 0 Å². The lowest BCUT2D eigenvalue weighted by atomic mass is 10.3. The molecule has 0 saturated carbocycles. The van der Waals surface area contributed by atoms with Crippen LogP contribution in [0.2, 0.25) is 0 Å². The van der Waals surface area contributed by atoms with Gasteiger partial charge in [-0.05, 0) is 19.1 Å². The summed E-state index contributed by atoms with van der Waals surface area (Å²) in [6, 6.07) is 8.81. The smallest absolute Gasteiger partial charge is 0.352 e. The van der Waals surface area contributed by atoms with Crippen LogP contribution in [-0.2, 0) is 25.6 Å². The standard InChI is InChI=1S/C24H26N4O6S/c1-3-10-33-24(31)19(14-25)23-28(4-2)22(30)20(35-23)15-26-17-6-5-7-18(13-17)34-16-21(29)27-8-11-32-12-9-27/h3,5-7,13,15,26H,1,4,8-12,16H2,2H3. The van der Waals surface area contributed by atoms with E-state index < -0.39 is 5.97 Å². The molecule has 1 aliphatic rings. The molecule has 1 fully saturated rings. The highest BCUT2D eigenvalue weighted by molar-refractivity contribution is 7.07. The maximum absolute atomic E-state index is 12.8. The van der Waals surface area contributed by atoms with Crippen molar-refractivity contribution in [1.29, 1.82) is 5.26 Å². The van der Waals surface area contributed by atoms with Crippen LogP contribution in [0.3, 0.4) is 0 Å². The summed E-state index contributed by atoms with van der Waals surface area (Å²) in [5.41, 5.74) is 0.0529. The van der Waals surface area contributed by atoms with E-state index in [0.717, 1.165) is 11.3 Å². The molecule has 2 aromatic rings. The highest BCUT2D eigenvalue weighted by Gasteiger charge is 2.18. The number of thiazole rings is 1. The van der Waals surface area contributed by atoms with Gasteiger partial charge < -0.3 is 24.4 Å². The Labute approximate surface area is 205 Å². The first-order valence-electron chi connectivity index (χ1n) is 11.0. The van der Waals surface area contributed by atoms with Crippen LogP contribution < -0.4 is 24.8 Å². The van der Waals surface area contributed by atoms with Gasteiger partial charge in [-0.25, -0.2) is 4.79 Å². The van der Waals surface area contributed by atoms with Gasteiger partial charge in [-0.1, -0.05) is 18.7 Å². The van der Waals surface area contributed by atoms with Gasteiger partial charge in [0.2, 0.25) is 0 Å². The zero-order chi connectivity index (χ0) is 25.2. The molecular formula is C24H26N4O6S. The second-order valence-corrected chi connectivity index (χ2v) is 8.32. The Morgan fingerprint density at radius 1 is 1.34 bits per heavy atom. The fourth-order valence-corrected chi connectivity index (χ4v) is 4.33. The summed E-state index contributed by atoms with van der Waals surface area (Å²) >= 11 is 1.01. The highest BCUT2D eigenvalue weighted by atomic mass is 32.1. The van der Waals surface area contributed by atoms with Gasteiger partial charge in [0.1, 0.15) is 27.6 Å². The van der Waals surface area contributed by atoms with Crippen molar-refractivity contribution in [3.63, 3.8) is 0 Å². The van der Waals surface area contributed by atoms with Gasteiger partial charge in [0.05, 0.1) is 13.2 Å². The molecule has 1 amide bonds. The number of nitrogens with one attached hydrogen (secondary N) is 1. The predicted octanol–water partition coefficient (Wildman–Crippen LogP) is 0.421. The van der Waals surface area contributed by atoms with Crippen LogP contribution in [0.4, 0.5) is 5.69 Å². The van der Waals surface area contributed by atoms with Gasteiger partial charge in [-0.3, -0.25) is 14.2 Å². The van der Waals surface area contributed by atoms with Crippen molar-refractivity contribution in [3.8, 4) is 11.8 Å². The number of amides is 1. The summed E-state index contributed by atoms with van der Waals surface area (Å²) in [6.07, 6.45) is 2.90. The molecule has 1 saturated heterocycles. The van der Waals surface area contributed by atoms with Crippen molar-refractivity contribution >= 4 is 40.7 Å². The van der Waals surface area contributed by atoms with Gasteiger partial charge in [0.25, 0.3) is 11.5 Å². The van der Waals surface area contributed by atoms with Gasteiger partial charge in [-0.15, -0.1) is 11.3 Å². The van der Waals surface area contributed by atoms with Crippen LogP contribution in [0.5, 0.6) is 5.75 Å². The van der Waals surface area contributed by atoms with Crippen LogP contribution in [0.25, 0.3) is 11.8 Å². The van der Waals surface area contributed by atoms with E-state index in [0.29, 0.717) is 42.3 Å². The molecule has 10 nitrogen and oxygen atoms in total. The molecule has 3 rings (SSSR count). The molecular weight excluding hydrogens is 472 g/mol. The molecule has 2 heterocycles. The van der Waals surface area contributed by atoms with E-state index in [-0.39, 0.29) is 41.5 Å². The van der Waals surface area contributed by atoms with E-state index in [9.17, 15) is 19.6 Å². The van der Waals surface area contributed by atoms with Crippen molar-refractivity contribution in [2.75, 3.05) is 44.8 Å². The summed E-state index contributed by atoms with van der Waals surface area (Å²) in [4.78, 5) is 39.0. The van der Waals surface area contributed by atoms with E-state index in [1.54, 1.807) is 36.1 Å². The van der Waals surface area contributed by atoms with E-state index in [1.165, 1.54) is 16.8 Å². The summed E-state index contributed by atoms with van der Waals surface area (Å²) in [5, 5.41) is 12.5. The molecule has 0 bridgehead atoms. The minimum absolute atomic E-state index is 0.0389. The molecule has 1 aromatic heterocycles. The SMILES string of the molecule is C=CCOC(=O)C(C#N)=c1sc(=CNc2cccc(OCC(=O)N3CCOCC3)c2)c(=O)n1CC. The first-order chi connectivity index (χ1) is 17.0. The lowest BCUT2D eigenvalue weighted by molar-refractivity contribution is -0.137. The van der Waals surface area contributed by atoms with Crippen molar-refractivity contribution in [3.05, 3.63) is 56.5 Å². The molecule has 0 atom stereocenters. The van der Waals surface area contributed by atoms with E-state index in [2.05, 4.69) is 11.9 Å². The zero-order valence-corrected chi connectivity index (χ0v) is 20.1. The lowest BCUT2D eigenvalue weighted by Crippen LogP contribution is -2.42. The minimum Gasteiger partial charge on any atom is -0.484 e. The number of morpholine rings is 1. The molecule has 0 spiro atoms. The Balaban J connectivity index is 1.79. The lowest BCUT2D eigenvalue weighted by Gasteiger charge is -2.26. The number of aromatic nitrogens is 1. The third kappa shape index (κ3) is 6.59. The summed E-state index contributed by atoms with van der Waals surface area (Å²) in [6.45, 7) is 7.52. The number of rotatable bonds is 9. The Morgan fingerprint density at radius 3 is 2.80 bits per heavy atom. The molecule has 1 aliphatic heterocycles. The first-order valence-corrected chi connectivity index (χ1v) is 11.8. The van der Waals surface area contributed by atoms with E-state index in [4.69, 9.17) is 14.2 Å². The van der Waals surface area contributed by atoms with Crippen LogP contribution >= 0.6 is 11.3 Å². The summed E-state index contributed by atoms with van der Waals surface area (Å²) in [7, 11) is 0. The molecule has 1 N–H and O–H groups in total. The number of ether oxygens (including phenoxy) is 3. The number of esters is 1. The number of carbonyl (C=O) groups is 2. The van der Waals surface area contributed by atoms with Gasteiger partial charge in [0, 0.05) is 37.6 Å². The quantitative estimate of drug-likeness (QED) is 0.390. The first kappa shape index (κ1) is 25.7. The zero-order valence-electron chi connectivity index (χ0n) is 19.3. The Kier molecular flexibility index (Phi) is 9.23. The van der Waals surface area contributed by atoms with Crippen LogP contribution in [0, 0.1) is 11.3 Å². The average molecular weight is 499 g/mol. The molecule has 184 valence electrons. The van der Waals surface area contributed by atoms with Gasteiger partial charge >= 0.3 is 5.97 Å². The largest absolute Gasteiger partial charge is 0.484 e. The monoisotopic (exact) mass is 498 g/mol. The maximum atomic E-state index is 12.8. The Hall–Kier alpha value is -3.88. The normalized spacial score (nSPS) is 14.6. The number of nitrogens with zero attached hydrogens (tertiary/aromatic N) is 3.